The summed E-state index contributed by atoms with van der Waals surface area (Å²) in [4.78, 5) is 0. The molecule has 1 aliphatic rings. The minimum absolute atomic E-state index is 0.101. The van der Waals surface area contributed by atoms with Crippen LogP contribution in [0.4, 0.5) is 0 Å². The van der Waals surface area contributed by atoms with E-state index in [0.717, 1.165) is 32.4 Å². The van der Waals surface area contributed by atoms with Gasteiger partial charge in [-0.2, -0.15) is 4.31 Å². The fourth-order valence-corrected chi connectivity index (χ4v) is 3.89. The maximum atomic E-state index is 12.3. The van der Waals surface area contributed by atoms with E-state index in [2.05, 4.69) is 5.32 Å². The van der Waals surface area contributed by atoms with Gasteiger partial charge in [0.15, 0.2) is 0 Å². The molecule has 6 heteroatoms. The van der Waals surface area contributed by atoms with Crippen molar-refractivity contribution in [3.63, 3.8) is 0 Å². The van der Waals surface area contributed by atoms with Crippen LogP contribution in [0, 0.1) is 0 Å². The molecule has 0 aromatic rings. The zero-order valence-corrected chi connectivity index (χ0v) is 12.3. The van der Waals surface area contributed by atoms with Crippen molar-refractivity contribution in [2.24, 2.45) is 0 Å². The van der Waals surface area contributed by atoms with Crippen LogP contribution in [-0.2, 0) is 14.8 Å². The van der Waals surface area contributed by atoms with Crippen molar-refractivity contribution in [1.82, 2.24) is 9.62 Å². The Labute approximate surface area is 111 Å². The smallest absolute Gasteiger partial charge is 0.216 e. The molecule has 108 valence electrons. The Morgan fingerprint density at radius 3 is 2.78 bits per heavy atom. The summed E-state index contributed by atoms with van der Waals surface area (Å²) >= 11 is 0. The van der Waals surface area contributed by atoms with Gasteiger partial charge in [0.25, 0.3) is 0 Å². The molecule has 1 unspecified atom stereocenters. The predicted octanol–water partition coefficient (Wildman–Crippen LogP) is 0.817. The molecule has 0 radical (unpaired) electrons. The van der Waals surface area contributed by atoms with Gasteiger partial charge in [0.05, 0.1) is 12.4 Å². The summed E-state index contributed by atoms with van der Waals surface area (Å²) < 4.78 is 31.3. The average molecular weight is 278 g/mol. The minimum atomic E-state index is -3.17. The number of likely N-dealkylation sites (N-methyl/N-ethyl adjacent to an activating group) is 1. The van der Waals surface area contributed by atoms with E-state index < -0.39 is 10.0 Å². The number of piperidine rings is 1. The molecule has 0 aromatic heterocycles. The lowest BCUT2D eigenvalue weighted by Gasteiger charge is -2.34. The highest BCUT2D eigenvalue weighted by atomic mass is 32.2. The lowest BCUT2D eigenvalue weighted by Crippen LogP contribution is -2.49. The number of sulfonamides is 1. The second-order valence-electron chi connectivity index (χ2n) is 4.58. The van der Waals surface area contributed by atoms with E-state index in [-0.39, 0.29) is 11.8 Å². The second kappa shape index (κ2) is 8.09. The molecule has 1 rings (SSSR count). The van der Waals surface area contributed by atoms with E-state index in [1.807, 2.05) is 13.8 Å². The van der Waals surface area contributed by atoms with Gasteiger partial charge in [0.1, 0.15) is 0 Å². The Kier molecular flexibility index (Phi) is 7.14. The second-order valence-corrected chi connectivity index (χ2v) is 6.62. The summed E-state index contributed by atoms with van der Waals surface area (Å²) in [7, 11) is -3.17. The first-order chi connectivity index (χ1) is 8.61. The highest BCUT2D eigenvalue weighted by Gasteiger charge is 2.31. The fourth-order valence-electron chi connectivity index (χ4n) is 2.28. The van der Waals surface area contributed by atoms with Gasteiger partial charge >= 0.3 is 0 Å². The van der Waals surface area contributed by atoms with E-state index in [1.54, 1.807) is 4.31 Å². The van der Waals surface area contributed by atoms with Crippen molar-refractivity contribution in [2.45, 2.75) is 39.2 Å². The van der Waals surface area contributed by atoms with Crippen LogP contribution in [0.5, 0.6) is 0 Å². The molecule has 1 saturated heterocycles. The zero-order chi connectivity index (χ0) is 13.4. The molecular weight excluding hydrogens is 252 g/mol. The molecule has 1 fully saturated rings. The summed E-state index contributed by atoms with van der Waals surface area (Å²) in [5.74, 6) is 0.101. The van der Waals surface area contributed by atoms with Gasteiger partial charge in [-0.05, 0) is 26.3 Å². The summed E-state index contributed by atoms with van der Waals surface area (Å²) in [5.41, 5.74) is 0. The summed E-state index contributed by atoms with van der Waals surface area (Å²) in [6.45, 7) is 7.07. The van der Waals surface area contributed by atoms with Crippen LogP contribution in [-0.4, -0.2) is 57.4 Å². The van der Waals surface area contributed by atoms with E-state index in [0.29, 0.717) is 19.8 Å². The molecule has 0 saturated carbocycles. The monoisotopic (exact) mass is 278 g/mol. The molecule has 1 N–H and O–H groups in total. The minimum Gasteiger partial charge on any atom is -0.381 e. The Balaban J connectivity index is 2.57. The number of hydrogen-bond donors (Lipinski definition) is 1. The number of nitrogens with one attached hydrogen (secondary N) is 1. The van der Waals surface area contributed by atoms with E-state index >= 15 is 0 Å². The van der Waals surface area contributed by atoms with Gasteiger partial charge in [0, 0.05) is 25.7 Å². The molecule has 1 atom stereocenters. The normalized spacial score (nSPS) is 22.2. The quantitative estimate of drug-likeness (QED) is 0.668. The Bertz CT molecular complexity index is 319. The Morgan fingerprint density at radius 2 is 2.11 bits per heavy atom. The van der Waals surface area contributed by atoms with E-state index in [4.69, 9.17) is 4.74 Å². The van der Waals surface area contributed by atoms with Gasteiger partial charge < -0.3 is 10.1 Å². The van der Waals surface area contributed by atoms with Gasteiger partial charge in [0.2, 0.25) is 10.0 Å². The maximum absolute atomic E-state index is 12.3. The van der Waals surface area contributed by atoms with Crippen LogP contribution >= 0.6 is 0 Å². The molecule has 1 aliphatic heterocycles. The number of hydrogen-bond acceptors (Lipinski definition) is 4. The maximum Gasteiger partial charge on any atom is 0.216 e. The van der Waals surface area contributed by atoms with Crippen LogP contribution in [0.2, 0.25) is 0 Å². The third-order valence-electron chi connectivity index (χ3n) is 3.25. The Morgan fingerprint density at radius 1 is 1.33 bits per heavy atom. The standard InChI is InChI=1S/C12H26N2O3S/c1-3-13-11-12-7-5-6-8-14(12)18(15,16)10-9-17-4-2/h12-13H,3-11H2,1-2H3. The first-order valence-corrected chi connectivity index (χ1v) is 8.50. The molecule has 5 nitrogen and oxygen atoms in total. The van der Waals surface area contributed by atoms with Gasteiger partial charge in [-0.15, -0.1) is 0 Å². The van der Waals surface area contributed by atoms with E-state index in [9.17, 15) is 8.42 Å². The van der Waals surface area contributed by atoms with Crippen molar-refractivity contribution >= 4 is 10.0 Å². The lowest BCUT2D eigenvalue weighted by molar-refractivity contribution is 0.161. The molecule has 18 heavy (non-hydrogen) atoms. The third kappa shape index (κ3) is 4.84. The Hall–Kier alpha value is -0.170. The highest BCUT2D eigenvalue weighted by molar-refractivity contribution is 7.89. The molecule has 0 aliphatic carbocycles. The SMILES string of the molecule is CCNCC1CCCCN1S(=O)(=O)CCOCC. The van der Waals surface area contributed by atoms with E-state index in [1.165, 1.54) is 0 Å². The summed E-state index contributed by atoms with van der Waals surface area (Å²) in [6.07, 6.45) is 3.05. The molecule has 0 amide bonds. The fraction of sp³-hybridized carbons (Fsp3) is 1.00. The van der Waals surface area contributed by atoms with Crippen LogP contribution in [0.3, 0.4) is 0 Å². The molecule has 0 spiro atoms. The number of nitrogens with zero attached hydrogens (tertiary/aromatic N) is 1. The van der Waals surface area contributed by atoms with Crippen molar-refractivity contribution in [3.8, 4) is 0 Å². The van der Waals surface area contributed by atoms with Crippen molar-refractivity contribution in [3.05, 3.63) is 0 Å². The van der Waals surface area contributed by atoms with Gasteiger partial charge in [-0.25, -0.2) is 8.42 Å². The first kappa shape index (κ1) is 15.9. The molecular formula is C12H26N2O3S. The average Bonchev–Trinajstić information content (AvgIpc) is 2.37. The molecule has 0 aromatic carbocycles. The van der Waals surface area contributed by atoms with Crippen LogP contribution < -0.4 is 5.32 Å². The van der Waals surface area contributed by atoms with Gasteiger partial charge in [-0.1, -0.05) is 13.3 Å². The van der Waals surface area contributed by atoms with Crippen LogP contribution in [0.15, 0.2) is 0 Å². The van der Waals surface area contributed by atoms with Gasteiger partial charge in [-0.3, -0.25) is 0 Å². The van der Waals surface area contributed by atoms with Crippen molar-refractivity contribution in [1.29, 1.82) is 0 Å². The van der Waals surface area contributed by atoms with Crippen molar-refractivity contribution < 1.29 is 13.2 Å². The molecule has 0 bridgehead atoms. The van der Waals surface area contributed by atoms with Crippen LogP contribution in [0.25, 0.3) is 0 Å². The van der Waals surface area contributed by atoms with Crippen molar-refractivity contribution in [2.75, 3.05) is 38.6 Å². The first-order valence-electron chi connectivity index (χ1n) is 6.89. The summed E-state index contributed by atoms with van der Waals surface area (Å²) in [5, 5.41) is 3.25. The number of ether oxygens (including phenoxy) is 1. The third-order valence-corrected chi connectivity index (χ3v) is 5.13. The highest BCUT2D eigenvalue weighted by Crippen LogP contribution is 2.20. The summed E-state index contributed by atoms with van der Waals surface area (Å²) in [6, 6.07) is 0.116. The predicted molar refractivity (Wildman–Crippen MR) is 73.2 cm³/mol. The molecule has 1 heterocycles. The van der Waals surface area contributed by atoms with Crippen LogP contribution in [0.1, 0.15) is 33.1 Å². The largest absolute Gasteiger partial charge is 0.381 e. The number of rotatable bonds is 8. The topological polar surface area (TPSA) is 58.6 Å². The lowest BCUT2D eigenvalue weighted by atomic mass is 10.1. The zero-order valence-electron chi connectivity index (χ0n) is 11.5.